The van der Waals surface area contributed by atoms with Gasteiger partial charge in [-0.1, -0.05) is 20.3 Å². The molecule has 1 aliphatic rings. The maximum Gasteiger partial charge on any atom is 0.0638 e. The van der Waals surface area contributed by atoms with E-state index < -0.39 is 0 Å². The van der Waals surface area contributed by atoms with Gasteiger partial charge in [0.25, 0.3) is 0 Å². The number of hydrogen-bond acceptors (Lipinski definition) is 2. The molecular formula is C14H25N3. The van der Waals surface area contributed by atoms with E-state index in [-0.39, 0.29) is 0 Å². The normalized spacial score (nSPS) is 17.4. The lowest BCUT2D eigenvalue weighted by Gasteiger charge is -2.09. The summed E-state index contributed by atoms with van der Waals surface area (Å²) < 4.78 is 2.12. The van der Waals surface area contributed by atoms with Gasteiger partial charge in [0.05, 0.1) is 5.69 Å². The van der Waals surface area contributed by atoms with Crippen molar-refractivity contribution in [1.29, 1.82) is 0 Å². The lowest BCUT2D eigenvalue weighted by Crippen LogP contribution is -2.15. The summed E-state index contributed by atoms with van der Waals surface area (Å²) in [7, 11) is 0. The Morgan fingerprint density at radius 3 is 2.94 bits per heavy atom. The molecule has 0 radical (unpaired) electrons. The second-order valence-electron chi connectivity index (χ2n) is 5.51. The number of rotatable bonds is 7. The highest BCUT2D eigenvalue weighted by Gasteiger charge is 2.20. The molecule has 2 rings (SSSR count). The minimum Gasteiger partial charge on any atom is -0.310 e. The SMILES string of the molecule is CCCC(C)Cn1cc(CNC2CC2)c(C)n1. The van der Waals surface area contributed by atoms with Crippen molar-refractivity contribution in [2.75, 3.05) is 0 Å². The van der Waals surface area contributed by atoms with E-state index in [1.165, 1.54) is 36.9 Å². The fraction of sp³-hybridized carbons (Fsp3) is 0.786. The lowest BCUT2D eigenvalue weighted by atomic mass is 10.1. The Kier molecular flexibility index (Phi) is 4.21. The van der Waals surface area contributed by atoms with Crippen LogP contribution in [0.15, 0.2) is 6.20 Å². The zero-order chi connectivity index (χ0) is 12.3. The van der Waals surface area contributed by atoms with E-state index in [2.05, 4.69) is 42.1 Å². The van der Waals surface area contributed by atoms with Crippen molar-refractivity contribution in [2.45, 2.75) is 65.6 Å². The summed E-state index contributed by atoms with van der Waals surface area (Å²) in [6.07, 6.45) is 7.46. The predicted molar refractivity (Wildman–Crippen MR) is 70.9 cm³/mol. The van der Waals surface area contributed by atoms with Crippen LogP contribution in [0.2, 0.25) is 0 Å². The van der Waals surface area contributed by atoms with Crippen molar-refractivity contribution in [2.24, 2.45) is 5.92 Å². The van der Waals surface area contributed by atoms with Gasteiger partial charge in [-0.25, -0.2) is 0 Å². The first-order valence-corrected chi connectivity index (χ1v) is 6.95. The summed E-state index contributed by atoms with van der Waals surface area (Å²) in [5, 5.41) is 8.16. The van der Waals surface area contributed by atoms with Crippen molar-refractivity contribution in [3.05, 3.63) is 17.5 Å². The highest BCUT2D eigenvalue weighted by atomic mass is 15.3. The van der Waals surface area contributed by atoms with Crippen LogP contribution in [-0.2, 0) is 13.1 Å². The Morgan fingerprint density at radius 2 is 2.29 bits per heavy atom. The van der Waals surface area contributed by atoms with Gasteiger partial charge in [0.1, 0.15) is 0 Å². The third kappa shape index (κ3) is 3.84. The third-order valence-electron chi connectivity index (χ3n) is 3.49. The number of aryl methyl sites for hydroxylation is 1. The van der Waals surface area contributed by atoms with Crippen LogP contribution in [0.3, 0.4) is 0 Å². The minimum absolute atomic E-state index is 0.726. The second kappa shape index (κ2) is 5.67. The molecule has 1 saturated carbocycles. The van der Waals surface area contributed by atoms with Crippen molar-refractivity contribution in [3.8, 4) is 0 Å². The van der Waals surface area contributed by atoms with Gasteiger partial charge in [-0.05, 0) is 32.1 Å². The Bertz CT molecular complexity index is 352. The fourth-order valence-electron chi connectivity index (χ4n) is 2.27. The molecule has 1 unspecified atom stereocenters. The molecule has 1 N–H and O–H groups in total. The Hall–Kier alpha value is -0.830. The highest BCUT2D eigenvalue weighted by Crippen LogP contribution is 2.20. The molecule has 3 nitrogen and oxygen atoms in total. The molecule has 0 aliphatic heterocycles. The maximum absolute atomic E-state index is 4.61. The molecule has 1 aromatic rings. The van der Waals surface area contributed by atoms with Gasteiger partial charge in [0.15, 0.2) is 0 Å². The molecule has 3 heteroatoms. The smallest absolute Gasteiger partial charge is 0.0638 e. The van der Waals surface area contributed by atoms with Gasteiger partial charge in [0.2, 0.25) is 0 Å². The summed E-state index contributed by atoms with van der Waals surface area (Å²) in [5.41, 5.74) is 2.54. The molecular weight excluding hydrogens is 210 g/mol. The number of nitrogens with one attached hydrogen (secondary N) is 1. The van der Waals surface area contributed by atoms with Crippen molar-refractivity contribution in [3.63, 3.8) is 0 Å². The van der Waals surface area contributed by atoms with E-state index in [0.29, 0.717) is 0 Å². The van der Waals surface area contributed by atoms with E-state index in [1.54, 1.807) is 0 Å². The summed E-state index contributed by atoms with van der Waals surface area (Å²) in [6, 6.07) is 0.775. The Balaban J connectivity index is 1.87. The van der Waals surface area contributed by atoms with Crippen LogP contribution in [0.1, 0.15) is 50.8 Å². The van der Waals surface area contributed by atoms with Crippen LogP contribution in [0, 0.1) is 12.8 Å². The van der Waals surface area contributed by atoms with Gasteiger partial charge < -0.3 is 5.32 Å². The van der Waals surface area contributed by atoms with Gasteiger partial charge in [0, 0.05) is 30.9 Å². The average molecular weight is 235 g/mol. The summed E-state index contributed by atoms with van der Waals surface area (Å²) in [6.45, 7) is 8.71. The molecule has 1 aliphatic carbocycles. The van der Waals surface area contributed by atoms with Gasteiger partial charge in [-0.15, -0.1) is 0 Å². The van der Waals surface area contributed by atoms with E-state index in [1.807, 2.05) is 0 Å². The molecule has 0 amide bonds. The highest BCUT2D eigenvalue weighted by molar-refractivity contribution is 5.15. The standard InChI is InChI=1S/C14H25N3/c1-4-5-11(2)9-17-10-13(12(3)16-17)8-15-14-6-7-14/h10-11,14-15H,4-9H2,1-3H3. The molecule has 1 fully saturated rings. The quantitative estimate of drug-likeness (QED) is 0.787. The van der Waals surface area contributed by atoms with Crippen LogP contribution in [0.25, 0.3) is 0 Å². The number of aromatic nitrogens is 2. The number of hydrogen-bond donors (Lipinski definition) is 1. The summed E-state index contributed by atoms with van der Waals surface area (Å²) in [4.78, 5) is 0. The topological polar surface area (TPSA) is 29.9 Å². The zero-order valence-corrected chi connectivity index (χ0v) is 11.4. The van der Waals surface area contributed by atoms with Crippen LogP contribution < -0.4 is 5.32 Å². The Labute approximate surface area is 105 Å². The molecule has 1 heterocycles. The minimum atomic E-state index is 0.726. The fourth-order valence-corrected chi connectivity index (χ4v) is 2.27. The average Bonchev–Trinajstić information content (AvgIpc) is 3.02. The van der Waals surface area contributed by atoms with Crippen LogP contribution >= 0.6 is 0 Å². The molecule has 17 heavy (non-hydrogen) atoms. The van der Waals surface area contributed by atoms with E-state index in [9.17, 15) is 0 Å². The molecule has 1 atom stereocenters. The van der Waals surface area contributed by atoms with Crippen molar-refractivity contribution in [1.82, 2.24) is 15.1 Å². The second-order valence-corrected chi connectivity index (χ2v) is 5.51. The first-order valence-electron chi connectivity index (χ1n) is 6.95. The lowest BCUT2D eigenvalue weighted by molar-refractivity contribution is 0.419. The van der Waals surface area contributed by atoms with Gasteiger partial charge >= 0.3 is 0 Å². The van der Waals surface area contributed by atoms with E-state index >= 15 is 0 Å². The van der Waals surface area contributed by atoms with Crippen LogP contribution in [-0.4, -0.2) is 15.8 Å². The molecule has 96 valence electrons. The largest absolute Gasteiger partial charge is 0.310 e. The zero-order valence-electron chi connectivity index (χ0n) is 11.4. The van der Waals surface area contributed by atoms with E-state index in [4.69, 9.17) is 0 Å². The van der Waals surface area contributed by atoms with E-state index in [0.717, 1.165) is 25.0 Å². The Morgan fingerprint density at radius 1 is 1.53 bits per heavy atom. The summed E-state index contributed by atoms with van der Waals surface area (Å²) in [5.74, 6) is 0.726. The molecule has 0 bridgehead atoms. The van der Waals surface area contributed by atoms with Crippen molar-refractivity contribution >= 4 is 0 Å². The molecule has 0 spiro atoms. The maximum atomic E-state index is 4.61. The monoisotopic (exact) mass is 235 g/mol. The predicted octanol–water partition coefficient (Wildman–Crippen LogP) is 2.88. The van der Waals surface area contributed by atoms with Gasteiger partial charge in [-0.3, -0.25) is 4.68 Å². The first-order chi connectivity index (χ1) is 8.19. The third-order valence-corrected chi connectivity index (χ3v) is 3.49. The molecule has 0 saturated heterocycles. The van der Waals surface area contributed by atoms with Crippen LogP contribution in [0.4, 0.5) is 0 Å². The number of nitrogens with zero attached hydrogens (tertiary/aromatic N) is 2. The van der Waals surface area contributed by atoms with Gasteiger partial charge in [-0.2, -0.15) is 5.10 Å². The molecule has 1 aromatic heterocycles. The molecule has 0 aromatic carbocycles. The van der Waals surface area contributed by atoms with Crippen LogP contribution in [0.5, 0.6) is 0 Å². The summed E-state index contributed by atoms with van der Waals surface area (Å²) >= 11 is 0. The van der Waals surface area contributed by atoms with Crippen molar-refractivity contribution < 1.29 is 0 Å². The first kappa shape index (κ1) is 12.6.